The summed E-state index contributed by atoms with van der Waals surface area (Å²) in [5.74, 6) is 0.679. The molecule has 1 saturated carbocycles. The summed E-state index contributed by atoms with van der Waals surface area (Å²) >= 11 is 5.92. The van der Waals surface area contributed by atoms with Gasteiger partial charge in [-0.05, 0) is 48.3 Å². The van der Waals surface area contributed by atoms with Gasteiger partial charge >= 0.3 is 0 Å². The maximum atomic E-state index is 5.92. The van der Waals surface area contributed by atoms with E-state index in [0.717, 1.165) is 18.1 Å². The quantitative estimate of drug-likeness (QED) is 0.721. The number of benzene rings is 1. The Labute approximate surface area is 108 Å². The Bertz CT molecular complexity index is 417. The molecule has 1 spiro atoms. The van der Waals surface area contributed by atoms with Crippen molar-refractivity contribution in [2.24, 2.45) is 11.3 Å². The van der Waals surface area contributed by atoms with Gasteiger partial charge in [0.05, 0.1) is 12.2 Å². The highest BCUT2D eigenvalue weighted by molar-refractivity contribution is 6.30. The zero-order chi connectivity index (χ0) is 12.1. The van der Waals surface area contributed by atoms with Crippen LogP contribution in [0.5, 0.6) is 0 Å². The minimum atomic E-state index is 0.211. The predicted molar refractivity (Wildman–Crippen MR) is 70.3 cm³/mol. The molecule has 1 heterocycles. The topological polar surface area (TPSA) is 12.5 Å². The van der Waals surface area contributed by atoms with E-state index < -0.39 is 0 Å². The fraction of sp³-hybridized carbons (Fsp3) is 0.600. The molecule has 0 radical (unpaired) electrons. The lowest BCUT2D eigenvalue weighted by Crippen LogP contribution is -2.19. The Morgan fingerprint density at radius 1 is 1.29 bits per heavy atom. The maximum Gasteiger partial charge on any atom is 0.0952 e. The molecule has 2 heteroatoms. The highest BCUT2D eigenvalue weighted by atomic mass is 35.5. The standard InChI is InChI=1S/C15H19ClO/c1-14(2)8-12(15(9-14)10-17-15)7-11-3-5-13(16)6-4-11/h3-6,12H,7-10H2,1-2H3. The Hall–Kier alpha value is -0.530. The van der Waals surface area contributed by atoms with Crippen molar-refractivity contribution < 1.29 is 4.74 Å². The summed E-state index contributed by atoms with van der Waals surface area (Å²) in [7, 11) is 0. The first-order chi connectivity index (χ1) is 7.99. The van der Waals surface area contributed by atoms with Crippen molar-refractivity contribution in [3.05, 3.63) is 34.9 Å². The highest BCUT2D eigenvalue weighted by Crippen LogP contribution is 2.56. The molecule has 2 fully saturated rings. The Morgan fingerprint density at radius 3 is 2.53 bits per heavy atom. The Kier molecular flexibility index (Phi) is 2.53. The van der Waals surface area contributed by atoms with Gasteiger partial charge in [0.1, 0.15) is 0 Å². The summed E-state index contributed by atoms with van der Waals surface area (Å²) in [6.45, 7) is 5.69. The van der Waals surface area contributed by atoms with Crippen LogP contribution in [-0.2, 0) is 11.2 Å². The van der Waals surface area contributed by atoms with Crippen LogP contribution in [0.25, 0.3) is 0 Å². The van der Waals surface area contributed by atoms with Crippen LogP contribution < -0.4 is 0 Å². The molecule has 2 atom stereocenters. The second kappa shape index (κ2) is 3.73. The molecule has 92 valence electrons. The van der Waals surface area contributed by atoms with Crippen LogP contribution in [0.2, 0.25) is 5.02 Å². The molecular formula is C15H19ClO. The van der Waals surface area contributed by atoms with Crippen molar-refractivity contribution in [3.63, 3.8) is 0 Å². The fourth-order valence-corrected chi connectivity index (χ4v) is 3.60. The highest BCUT2D eigenvalue weighted by Gasteiger charge is 2.59. The van der Waals surface area contributed by atoms with E-state index in [1.165, 1.54) is 18.4 Å². The van der Waals surface area contributed by atoms with E-state index in [4.69, 9.17) is 16.3 Å². The molecule has 1 nitrogen and oxygen atoms in total. The van der Waals surface area contributed by atoms with Crippen LogP contribution in [0.15, 0.2) is 24.3 Å². The summed E-state index contributed by atoms with van der Waals surface area (Å²) in [5.41, 5.74) is 2.03. The van der Waals surface area contributed by atoms with Crippen molar-refractivity contribution in [2.45, 2.75) is 38.7 Å². The summed E-state index contributed by atoms with van der Waals surface area (Å²) in [6, 6.07) is 8.25. The molecule has 17 heavy (non-hydrogen) atoms. The van der Waals surface area contributed by atoms with Crippen molar-refractivity contribution in [1.82, 2.24) is 0 Å². The van der Waals surface area contributed by atoms with Gasteiger partial charge in [0.2, 0.25) is 0 Å². The van der Waals surface area contributed by atoms with E-state index in [1.807, 2.05) is 12.1 Å². The average Bonchev–Trinajstić information content (AvgIpc) is 2.94. The molecule has 1 aliphatic carbocycles. The minimum absolute atomic E-state index is 0.211. The van der Waals surface area contributed by atoms with Gasteiger partial charge in [0, 0.05) is 5.02 Å². The third-order valence-corrected chi connectivity index (χ3v) is 4.48. The van der Waals surface area contributed by atoms with Crippen molar-refractivity contribution in [2.75, 3.05) is 6.61 Å². The van der Waals surface area contributed by atoms with Gasteiger partial charge in [-0.2, -0.15) is 0 Å². The second-order valence-electron chi connectivity index (χ2n) is 6.43. The lowest BCUT2D eigenvalue weighted by molar-refractivity contribution is 0.240. The van der Waals surface area contributed by atoms with Crippen LogP contribution in [0.3, 0.4) is 0 Å². The second-order valence-corrected chi connectivity index (χ2v) is 6.86. The molecule has 2 aliphatic rings. The minimum Gasteiger partial charge on any atom is -0.369 e. The average molecular weight is 251 g/mol. The molecule has 0 N–H and O–H groups in total. The van der Waals surface area contributed by atoms with Crippen molar-refractivity contribution in [3.8, 4) is 0 Å². The summed E-state index contributed by atoms with van der Waals surface area (Å²) in [6.07, 6.45) is 3.62. The van der Waals surface area contributed by atoms with Crippen molar-refractivity contribution in [1.29, 1.82) is 0 Å². The molecule has 2 unspecified atom stereocenters. The molecule has 1 aliphatic heterocycles. The normalized spacial score (nSPS) is 34.2. The van der Waals surface area contributed by atoms with E-state index in [1.54, 1.807) is 0 Å². The maximum absolute atomic E-state index is 5.92. The van der Waals surface area contributed by atoms with Gasteiger partial charge in [-0.3, -0.25) is 0 Å². The number of hydrogen-bond donors (Lipinski definition) is 0. The van der Waals surface area contributed by atoms with E-state index >= 15 is 0 Å². The first-order valence-electron chi connectivity index (χ1n) is 6.38. The van der Waals surface area contributed by atoms with Gasteiger partial charge in [-0.25, -0.2) is 0 Å². The molecule has 0 bridgehead atoms. The van der Waals surface area contributed by atoms with E-state index in [9.17, 15) is 0 Å². The van der Waals surface area contributed by atoms with Crippen LogP contribution in [0.4, 0.5) is 0 Å². The molecular weight excluding hydrogens is 232 g/mol. The molecule has 0 amide bonds. The van der Waals surface area contributed by atoms with Gasteiger partial charge in [-0.15, -0.1) is 0 Å². The van der Waals surface area contributed by atoms with Gasteiger partial charge < -0.3 is 4.74 Å². The number of halogens is 1. The lowest BCUT2D eigenvalue weighted by Gasteiger charge is -2.16. The smallest absolute Gasteiger partial charge is 0.0952 e. The van der Waals surface area contributed by atoms with Crippen LogP contribution in [-0.4, -0.2) is 12.2 Å². The number of rotatable bonds is 2. The van der Waals surface area contributed by atoms with Crippen LogP contribution in [0, 0.1) is 11.3 Å². The van der Waals surface area contributed by atoms with Gasteiger partial charge in [-0.1, -0.05) is 37.6 Å². The molecule has 1 aromatic rings. The largest absolute Gasteiger partial charge is 0.369 e. The first-order valence-corrected chi connectivity index (χ1v) is 6.75. The number of epoxide rings is 1. The monoisotopic (exact) mass is 250 g/mol. The van der Waals surface area contributed by atoms with Crippen LogP contribution in [0.1, 0.15) is 32.3 Å². The number of ether oxygens (including phenoxy) is 1. The Balaban J connectivity index is 1.75. The van der Waals surface area contributed by atoms with E-state index in [-0.39, 0.29) is 5.60 Å². The van der Waals surface area contributed by atoms with Gasteiger partial charge in [0.25, 0.3) is 0 Å². The summed E-state index contributed by atoms with van der Waals surface area (Å²) in [4.78, 5) is 0. The zero-order valence-electron chi connectivity index (χ0n) is 10.5. The first kappa shape index (κ1) is 11.6. The third-order valence-electron chi connectivity index (χ3n) is 4.23. The summed E-state index contributed by atoms with van der Waals surface area (Å²) in [5, 5.41) is 0.817. The molecule has 1 saturated heterocycles. The van der Waals surface area contributed by atoms with Crippen LogP contribution >= 0.6 is 11.6 Å². The molecule has 1 aromatic carbocycles. The molecule has 3 rings (SSSR count). The third kappa shape index (κ3) is 2.23. The number of hydrogen-bond acceptors (Lipinski definition) is 1. The predicted octanol–water partition coefficient (Wildman–Crippen LogP) is 4.09. The fourth-order valence-electron chi connectivity index (χ4n) is 3.47. The van der Waals surface area contributed by atoms with E-state index in [2.05, 4.69) is 26.0 Å². The van der Waals surface area contributed by atoms with E-state index in [0.29, 0.717) is 11.3 Å². The van der Waals surface area contributed by atoms with Gasteiger partial charge in [0.15, 0.2) is 0 Å². The summed E-state index contributed by atoms with van der Waals surface area (Å²) < 4.78 is 5.78. The Morgan fingerprint density at radius 2 is 1.94 bits per heavy atom. The lowest BCUT2D eigenvalue weighted by atomic mass is 9.88. The zero-order valence-corrected chi connectivity index (χ0v) is 11.3. The molecule has 0 aromatic heterocycles. The SMILES string of the molecule is CC1(C)CC(Cc2ccc(Cl)cc2)C2(CO2)C1. The van der Waals surface area contributed by atoms with Crippen molar-refractivity contribution >= 4 is 11.6 Å².